The average molecular weight is 60.1 g/mol. The molecule has 0 unspecified atom stereocenters. The molecule has 0 aromatic carbocycles. The van der Waals surface area contributed by atoms with E-state index in [1.807, 2.05) is 0 Å². The maximum atomic E-state index is 7.68. The molecule has 0 aliphatic heterocycles. The summed E-state index contributed by atoms with van der Waals surface area (Å²) in [6.45, 7) is -0.236. The van der Waals surface area contributed by atoms with Crippen LogP contribution in [0.2, 0.25) is 0 Å². The molecule has 0 aromatic rings. The predicted molar refractivity (Wildman–Crippen MR) is 14.1 cm³/mol. The SMILES string of the molecule is [2H][O+]([2H])CC#N. The Morgan fingerprint density at radius 2 is 3.25 bits per heavy atom. The highest BCUT2D eigenvalue weighted by Gasteiger charge is 1.56. The van der Waals surface area contributed by atoms with E-state index in [9.17, 15) is 0 Å². The van der Waals surface area contributed by atoms with Crippen molar-refractivity contribution >= 4 is 0 Å². The van der Waals surface area contributed by atoms with Gasteiger partial charge in [0.25, 0.3) is 0 Å². The van der Waals surface area contributed by atoms with Crippen LogP contribution in [0.25, 0.3) is 0 Å². The molecule has 0 radical (unpaired) electrons. The van der Waals surface area contributed by atoms with Crippen LogP contribution in [0.1, 0.15) is 0 Å². The van der Waals surface area contributed by atoms with Gasteiger partial charge in [-0.25, -0.2) is 0 Å². The highest BCUT2D eigenvalue weighted by molar-refractivity contribution is 4.63. The highest BCUT2D eigenvalue weighted by atomic mass is 16.2. The van der Waals surface area contributed by atoms with Gasteiger partial charge in [-0.1, -0.05) is 0 Å². The molecule has 2 N–H and O–H groups in total. The van der Waals surface area contributed by atoms with E-state index in [0.717, 1.165) is 5.11 Å². The monoisotopic (exact) mass is 60.0 g/mol. The molecule has 0 aromatic heterocycles. The van der Waals surface area contributed by atoms with E-state index >= 15 is 0 Å². The van der Waals surface area contributed by atoms with Crippen LogP contribution in [0.5, 0.6) is 0 Å². The maximum Gasteiger partial charge on any atom is 0.488 e. The molecule has 0 atom stereocenters. The van der Waals surface area contributed by atoms with Gasteiger partial charge < -0.3 is 5.11 Å². The van der Waals surface area contributed by atoms with Crippen LogP contribution in [0.3, 0.4) is 0 Å². The summed E-state index contributed by atoms with van der Waals surface area (Å²) >= 11 is 0. The third kappa shape index (κ3) is 1.45. The smallest absolute Gasteiger partial charge is 0.434 e. The third-order valence-electron chi connectivity index (χ3n) is 0.0645. The molecule has 0 amide bonds. The quantitative estimate of drug-likeness (QED) is 0.367. The van der Waals surface area contributed by atoms with Gasteiger partial charge in [0, 0.05) is 0 Å². The van der Waals surface area contributed by atoms with Gasteiger partial charge in [0.1, 0.15) is 6.07 Å². The van der Waals surface area contributed by atoms with E-state index in [0.29, 0.717) is 0 Å². The summed E-state index contributed by atoms with van der Waals surface area (Å²) in [6, 6.07) is 1.58. The fraction of sp³-hybridized carbons (Fsp3) is 0.500. The van der Waals surface area contributed by atoms with Gasteiger partial charge in [0.15, 0.2) is 0 Å². The van der Waals surface area contributed by atoms with Crippen molar-refractivity contribution < 1.29 is 5.11 Å². The normalized spacial score (nSPS) is 13.0. The molecule has 0 fully saturated rings. The molecule has 0 aliphatic rings. The zero-order chi connectivity index (χ0) is 4.99. The first-order valence-electron chi connectivity index (χ1n) is 1.68. The Hall–Kier alpha value is -0.550. The largest absolute Gasteiger partial charge is 0.488 e. The summed E-state index contributed by atoms with van der Waals surface area (Å²) in [7, 11) is 0. The van der Waals surface area contributed by atoms with E-state index in [1.165, 1.54) is 0 Å². The van der Waals surface area contributed by atoms with E-state index in [-0.39, 0.29) is 6.61 Å². The van der Waals surface area contributed by atoms with Crippen LogP contribution < -0.4 is 0 Å². The second kappa shape index (κ2) is 2.45. The van der Waals surface area contributed by atoms with Crippen LogP contribution in [-0.2, 0) is 0 Å². The van der Waals surface area contributed by atoms with Gasteiger partial charge in [0.2, 0.25) is 6.61 Å². The van der Waals surface area contributed by atoms with Crippen molar-refractivity contribution in [2.24, 2.45) is 0 Å². The second-order valence-corrected chi connectivity index (χ2v) is 0.302. The van der Waals surface area contributed by atoms with Crippen LogP contribution >= 0.6 is 0 Å². The van der Waals surface area contributed by atoms with Crippen molar-refractivity contribution in [1.82, 2.24) is 0 Å². The number of hydrogen-bond acceptors (Lipinski definition) is 1. The van der Waals surface area contributed by atoms with Crippen LogP contribution in [0.4, 0.5) is 0 Å². The van der Waals surface area contributed by atoms with Gasteiger partial charge in [-0.15, -0.1) is 0 Å². The Bertz CT molecular complexity index is 66.4. The van der Waals surface area contributed by atoms with Gasteiger partial charge >= 0.3 is 2.86 Å². The van der Waals surface area contributed by atoms with Crippen molar-refractivity contribution in [2.45, 2.75) is 0 Å². The first-order chi connectivity index (χ1) is 2.77. The molecule has 2 nitrogen and oxygen atoms in total. The summed E-state index contributed by atoms with van der Waals surface area (Å²) in [5.41, 5.74) is 0. The molecule has 0 saturated carbocycles. The molecule has 2 heteroatoms. The minimum absolute atomic E-state index is 0.236. The topological polar surface area (TPSA) is 46.7 Å². The van der Waals surface area contributed by atoms with Crippen molar-refractivity contribution in [3.8, 4) is 6.07 Å². The third-order valence-corrected chi connectivity index (χ3v) is 0.0645. The molecular formula is C2H4NO+. The maximum absolute atomic E-state index is 7.68. The molecule has 0 spiro atoms. The van der Waals surface area contributed by atoms with E-state index in [4.69, 9.17) is 8.12 Å². The summed E-state index contributed by atoms with van der Waals surface area (Å²) in [6.07, 6.45) is 0. The van der Waals surface area contributed by atoms with Crippen molar-refractivity contribution in [3.05, 3.63) is 0 Å². The lowest BCUT2D eigenvalue weighted by Gasteiger charge is -1.47. The minimum Gasteiger partial charge on any atom is -0.434 e. The second-order valence-electron chi connectivity index (χ2n) is 0.302. The number of rotatable bonds is 1. The lowest BCUT2D eigenvalue weighted by Crippen LogP contribution is -1.64. The molecule has 0 bridgehead atoms. The van der Waals surface area contributed by atoms with E-state index in [1.54, 1.807) is 6.07 Å². The van der Waals surface area contributed by atoms with Crippen LogP contribution in [-0.4, -0.2) is 14.6 Å². The lowest BCUT2D eigenvalue weighted by atomic mass is 10.9. The Balaban J connectivity index is 2.88. The van der Waals surface area contributed by atoms with Crippen molar-refractivity contribution in [3.63, 3.8) is 0 Å². The molecule has 0 heterocycles. The molecule has 0 aliphatic carbocycles. The van der Waals surface area contributed by atoms with E-state index < -0.39 is 0 Å². The highest BCUT2D eigenvalue weighted by Crippen LogP contribution is 1.34. The zero-order valence-corrected chi connectivity index (χ0v) is 2.06. The predicted octanol–water partition coefficient (Wildman–Crippen LogP) is -0.765. The standard InChI is InChI=1S/C2H3NO/c3-1-2-4/h4H,2H2/p+1/i4D/hD. The Morgan fingerprint density at radius 3 is 3.25 bits per heavy atom. The minimum atomic E-state index is -0.236. The number of nitriles is 1. The fourth-order valence-corrected chi connectivity index (χ4v) is 0. The van der Waals surface area contributed by atoms with Crippen molar-refractivity contribution in [2.75, 3.05) is 6.61 Å². The average Bonchev–Trinajstić information content (AvgIpc) is 1.35. The first-order valence-corrected chi connectivity index (χ1v) is 0.866. The van der Waals surface area contributed by atoms with Gasteiger partial charge in [-0.05, 0) is 0 Å². The molecule has 22 valence electrons. The Morgan fingerprint density at radius 1 is 2.50 bits per heavy atom. The molecule has 0 saturated heterocycles. The zero-order valence-electron chi connectivity index (χ0n) is 4.06. The first kappa shape index (κ1) is 1.05. The number of nitrogens with zero attached hydrogens (tertiary/aromatic N) is 1. The molecule has 4 heavy (non-hydrogen) atoms. The lowest BCUT2D eigenvalue weighted by molar-refractivity contribution is 0.348. The van der Waals surface area contributed by atoms with Gasteiger partial charge in [0.05, 0.1) is 0 Å². The van der Waals surface area contributed by atoms with Gasteiger partial charge in [-0.3, -0.25) is 0 Å². The fourth-order valence-electron chi connectivity index (χ4n) is 0. The van der Waals surface area contributed by atoms with E-state index in [2.05, 4.69) is 0 Å². The number of hydrogen-bond donors (Lipinski definition) is 0. The Kier molecular flexibility index (Phi) is 0.641. The summed E-state index contributed by atoms with van der Waals surface area (Å²) < 4.78 is 12.3. The molecule has 0 rings (SSSR count). The summed E-state index contributed by atoms with van der Waals surface area (Å²) in [4.78, 5) is 0. The van der Waals surface area contributed by atoms with Crippen molar-refractivity contribution in [1.29, 1.82) is 8.12 Å². The summed E-state index contributed by atoms with van der Waals surface area (Å²) in [5.74, 6) is 0. The molecular weight excluding hydrogens is 54.0 g/mol. The van der Waals surface area contributed by atoms with Crippen LogP contribution in [0, 0.1) is 11.3 Å². The van der Waals surface area contributed by atoms with Crippen LogP contribution in [0.15, 0.2) is 0 Å². The van der Waals surface area contributed by atoms with Gasteiger partial charge in [-0.2, -0.15) is 5.26 Å². The summed E-state index contributed by atoms with van der Waals surface area (Å²) in [5, 5.41) is 8.64. The Labute approximate surface area is 27.3 Å².